The van der Waals surface area contributed by atoms with E-state index in [1.807, 2.05) is 26.0 Å². The Morgan fingerprint density at radius 3 is 2.50 bits per heavy atom. The van der Waals surface area contributed by atoms with Gasteiger partial charge in [0.05, 0.1) is 18.7 Å². The Morgan fingerprint density at radius 1 is 1.35 bits per heavy atom. The van der Waals surface area contributed by atoms with Gasteiger partial charge in [0.2, 0.25) is 5.91 Å². The van der Waals surface area contributed by atoms with E-state index in [1.165, 1.54) is 0 Å². The van der Waals surface area contributed by atoms with Gasteiger partial charge in [0, 0.05) is 18.5 Å². The number of carbonyl (C=O) groups excluding carboxylic acids is 1. The fourth-order valence-corrected chi connectivity index (χ4v) is 2.56. The lowest BCUT2D eigenvalue weighted by molar-refractivity contribution is -0.119. The van der Waals surface area contributed by atoms with Gasteiger partial charge in [-0.25, -0.2) is 0 Å². The molecule has 0 aliphatic heterocycles. The number of rotatable bonds is 7. The van der Waals surface area contributed by atoms with Crippen LogP contribution in [0.4, 0.5) is 0 Å². The van der Waals surface area contributed by atoms with Crippen molar-refractivity contribution in [3.63, 3.8) is 0 Å². The number of benzene rings is 1. The molecular weight excluding hydrogens is 324 g/mol. The minimum Gasteiger partial charge on any atom is -0.493 e. The monoisotopic (exact) mass is 344 g/mol. The number of hydrogen-bond donors (Lipinski definition) is 2. The molecule has 1 aromatic rings. The summed E-state index contributed by atoms with van der Waals surface area (Å²) in [6.45, 7) is 4.47. The van der Waals surface area contributed by atoms with Gasteiger partial charge >= 0.3 is 0 Å². The molecule has 0 aliphatic rings. The highest BCUT2D eigenvalue weighted by molar-refractivity contribution is 9.10. The lowest BCUT2D eigenvalue weighted by Gasteiger charge is -2.25. The quantitative estimate of drug-likeness (QED) is 0.795. The highest BCUT2D eigenvalue weighted by atomic mass is 79.9. The molecule has 112 valence electrons. The van der Waals surface area contributed by atoms with Gasteiger partial charge in [0.25, 0.3) is 0 Å². The molecule has 0 spiro atoms. The van der Waals surface area contributed by atoms with Crippen molar-refractivity contribution in [3.8, 4) is 11.5 Å². The molecule has 0 fully saturated rings. The normalized spacial score (nSPS) is 11.2. The summed E-state index contributed by atoms with van der Waals surface area (Å²) in [6.07, 6.45) is 0.279. The molecule has 0 heterocycles. The number of carbonyl (C=O) groups is 1. The van der Waals surface area contributed by atoms with E-state index in [1.54, 1.807) is 14.2 Å². The van der Waals surface area contributed by atoms with Crippen LogP contribution >= 0.6 is 15.9 Å². The van der Waals surface area contributed by atoms with Crippen LogP contribution in [-0.2, 0) is 11.3 Å². The summed E-state index contributed by atoms with van der Waals surface area (Å²) in [7, 11) is 3.19. The Kier molecular flexibility index (Phi) is 5.83. The van der Waals surface area contributed by atoms with E-state index in [-0.39, 0.29) is 17.9 Å². The number of methoxy groups -OCH3 is 2. The molecule has 0 aromatic heterocycles. The van der Waals surface area contributed by atoms with E-state index in [9.17, 15) is 4.79 Å². The molecule has 3 N–H and O–H groups in total. The number of amides is 1. The maximum absolute atomic E-state index is 11.0. The van der Waals surface area contributed by atoms with Crippen LogP contribution in [0.3, 0.4) is 0 Å². The average molecular weight is 345 g/mol. The molecule has 0 radical (unpaired) electrons. The zero-order chi connectivity index (χ0) is 15.3. The molecule has 0 aliphatic carbocycles. The summed E-state index contributed by atoms with van der Waals surface area (Å²) in [6, 6.07) is 3.85. The van der Waals surface area contributed by atoms with Crippen molar-refractivity contribution >= 4 is 21.8 Å². The van der Waals surface area contributed by atoms with E-state index < -0.39 is 0 Å². The van der Waals surface area contributed by atoms with Crippen LogP contribution in [0, 0.1) is 0 Å². The second-order valence-electron chi connectivity index (χ2n) is 5.19. The fourth-order valence-electron chi connectivity index (χ4n) is 1.91. The fraction of sp³-hybridized carbons (Fsp3) is 0.500. The van der Waals surface area contributed by atoms with Crippen LogP contribution in [0.15, 0.2) is 16.6 Å². The van der Waals surface area contributed by atoms with Gasteiger partial charge in [-0.3, -0.25) is 4.79 Å². The van der Waals surface area contributed by atoms with Crippen LogP contribution < -0.4 is 20.5 Å². The minimum absolute atomic E-state index is 0.279. The van der Waals surface area contributed by atoms with E-state index in [0.29, 0.717) is 18.0 Å². The standard InChI is InChI=1S/C14H21BrN2O3/c1-14(2,7-12(16)18)17-8-9-5-10(15)13(20-4)11(6-9)19-3/h5-6,17H,7-8H2,1-4H3,(H2,16,18). The van der Waals surface area contributed by atoms with E-state index in [0.717, 1.165) is 10.0 Å². The molecule has 1 aromatic carbocycles. The third-order valence-corrected chi connectivity index (χ3v) is 3.47. The highest BCUT2D eigenvalue weighted by Gasteiger charge is 2.20. The smallest absolute Gasteiger partial charge is 0.219 e. The average Bonchev–Trinajstić information content (AvgIpc) is 2.34. The van der Waals surface area contributed by atoms with Gasteiger partial charge in [-0.15, -0.1) is 0 Å². The number of hydrogen-bond acceptors (Lipinski definition) is 4. The Morgan fingerprint density at radius 2 is 2.00 bits per heavy atom. The highest BCUT2D eigenvalue weighted by Crippen LogP contribution is 2.36. The predicted molar refractivity (Wildman–Crippen MR) is 82.0 cm³/mol. The zero-order valence-corrected chi connectivity index (χ0v) is 13.8. The molecule has 0 saturated heterocycles. The van der Waals surface area contributed by atoms with Gasteiger partial charge < -0.3 is 20.5 Å². The second-order valence-corrected chi connectivity index (χ2v) is 6.05. The topological polar surface area (TPSA) is 73.6 Å². The number of primary amides is 1. The van der Waals surface area contributed by atoms with Crippen molar-refractivity contribution in [2.75, 3.05) is 14.2 Å². The summed E-state index contributed by atoms with van der Waals surface area (Å²) in [4.78, 5) is 11.0. The molecule has 0 atom stereocenters. The van der Waals surface area contributed by atoms with Gasteiger partial charge in [-0.2, -0.15) is 0 Å². The van der Waals surface area contributed by atoms with Crippen molar-refractivity contribution in [1.82, 2.24) is 5.32 Å². The minimum atomic E-state index is -0.356. The zero-order valence-electron chi connectivity index (χ0n) is 12.2. The van der Waals surface area contributed by atoms with Crippen LogP contribution in [0.2, 0.25) is 0 Å². The number of nitrogens with one attached hydrogen (secondary N) is 1. The molecule has 5 nitrogen and oxygen atoms in total. The second kappa shape index (κ2) is 6.95. The third-order valence-electron chi connectivity index (χ3n) is 2.88. The first-order valence-electron chi connectivity index (χ1n) is 6.23. The Labute approximate surface area is 127 Å². The number of ether oxygens (including phenoxy) is 2. The molecule has 0 unspecified atom stereocenters. The van der Waals surface area contributed by atoms with Crippen molar-refractivity contribution < 1.29 is 14.3 Å². The van der Waals surface area contributed by atoms with Crippen molar-refractivity contribution in [3.05, 3.63) is 22.2 Å². The number of halogens is 1. The largest absolute Gasteiger partial charge is 0.493 e. The number of nitrogens with two attached hydrogens (primary N) is 1. The van der Waals surface area contributed by atoms with Crippen LogP contribution in [-0.4, -0.2) is 25.7 Å². The van der Waals surface area contributed by atoms with Crippen molar-refractivity contribution in [2.24, 2.45) is 5.73 Å². The summed E-state index contributed by atoms with van der Waals surface area (Å²) >= 11 is 3.45. The van der Waals surface area contributed by atoms with Crippen LogP contribution in [0.5, 0.6) is 11.5 Å². The van der Waals surface area contributed by atoms with Gasteiger partial charge in [-0.05, 0) is 47.5 Å². The molecule has 20 heavy (non-hydrogen) atoms. The van der Waals surface area contributed by atoms with E-state index >= 15 is 0 Å². The lowest BCUT2D eigenvalue weighted by atomic mass is 10.00. The van der Waals surface area contributed by atoms with Crippen molar-refractivity contribution in [1.29, 1.82) is 0 Å². The molecule has 0 saturated carbocycles. The maximum Gasteiger partial charge on any atom is 0.219 e. The maximum atomic E-state index is 11.0. The first kappa shape index (κ1) is 16.8. The third kappa shape index (κ3) is 4.68. The van der Waals surface area contributed by atoms with Gasteiger partial charge in [0.1, 0.15) is 0 Å². The Hall–Kier alpha value is -1.27. The predicted octanol–water partition coefficient (Wildman–Crippen LogP) is 2.21. The summed E-state index contributed by atoms with van der Waals surface area (Å²) in [5.41, 5.74) is 5.90. The molecule has 0 bridgehead atoms. The van der Waals surface area contributed by atoms with Crippen LogP contribution in [0.1, 0.15) is 25.8 Å². The molecule has 1 rings (SSSR count). The summed E-state index contributed by atoms with van der Waals surface area (Å²) in [5, 5.41) is 3.30. The van der Waals surface area contributed by atoms with Crippen molar-refractivity contribution in [2.45, 2.75) is 32.4 Å². The molecular formula is C14H21BrN2O3. The van der Waals surface area contributed by atoms with E-state index in [4.69, 9.17) is 15.2 Å². The lowest BCUT2D eigenvalue weighted by Crippen LogP contribution is -2.42. The Balaban J connectivity index is 2.83. The van der Waals surface area contributed by atoms with Gasteiger partial charge in [0.15, 0.2) is 11.5 Å². The summed E-state index contributed by atoms with van der Waals surface area (Å²) < 4.78 is 11.4. The summed E-state index contributed by atoms with van der Waals surface area (Å²) in [5.74, 6) is 0.995. The molecule has 1 amide bonds. The Bertz CT molecular complexity index is 490. The first-order valence-corrected chi connectivity index (χ1v) is 7.02. The first-order chi connectivity index (χ1) is 9.29. The van der Waals surface area contributed by atoms with Crippen LogP contribution in [0.25, 0.3) is 0 Å². The SMILES string of the molecule is COc1cc(CNC(C)(C)CC(N)=O)cc(Br)c1OC. The van der Waals surface area contributed by atoms with E-state index in [2.05, 4.69) is 21.2 Å². The van der Waals surface area contributed by atoms with Gasteiger partial charge in [-0.1, -0.05) is 0 Å². The molecule has 6 heteroatoms.